The highest BCUT2D eigenvalue weighted by Crippen LogP contribution is 2.27. The average Bonchev–Trinajstić information content (AvgIpc) is 2.16. The highest BCUT2D eigenvalue weighted by atomic mass is 79.9. The topological polar surface area (TPSA) is 43.4 Å². The van der Waals surface area contributed by atoms with Crippen LogP contribution in [0.15, 0.2) is 21.1 Å². The van der Waals surface area contributed by atoms with Gasteiger partial charge >= 0.3 is 5.97 Å². The summed E-state index contributed by atoms with van der Waals surface area (Å²) in [5, 5.41) is 0. The molecule has 0 aliphatic heterocycles. The van der Waals surface area contributed by atoms with E-state index >= 15 is 0 Å². The van der Waals surface area contributed by atoms with Gasteiger partial charge in [0, 0.05) is 14.5 Å². The molecule has 0 saturated carbocycles. The Morgan fingerprint density at radius 1 is 1.40 bits per heavy atom. The Balaban J connectivity index is 3.19. The molecule has 1 aromatic carbocycles. The Morgan fingerprint density at radius 2 is 1.93 bits per heavy atom. The molecule has 0 N–H and O–H groups in total. The van der Waals surface area contributed by atoms with Gasteiger partial charge < -0.3 is 4.74 Å². The molecule has 0 radical (unpaired) electrons. The zero-order valence-electron chi connectivity index (χ0n) is 7.92. The van der Waals surface area contributed by atoms with E-state index in [0.717, 1.165) is 0 Å². The summed E-state index contributed by atoms with van der Waals surface area (Å²) in [5.74, 6) is -0.423. The van der Waals surface area contributed by atoms with Crippen molar-refractivity contribution in [3.8, 4) is 0 Å². The molecule has 80 valence electrons. The Bertz CT molecular complexity index is 379. The molecular formula is C10H8Br2O3. The zero-order chi connectivity index (χ0) is 11.4. The van der Waals surface area contributed by atoms with Gasteiger partial charge in [0.1, 0.15) is 6.29 Å². The van der Waals surface area contributed by atoms with Crippen LogP contribution in [0.3, 0.4) is 0 Å². The summed E-state index contributed by atoms with van der Waals surface area (Å²) in [4.78, 5) is 22.1. The molecule has 0 fully saturated rings. The van der Waals surface area contributed by atoms with Crippen molar-refractivity contribution >= 4 is 44.1 Å². The Kier molecular flexibility index (Phi) is 4.47. The normalized spacial score (nSPS) is 9.80. The third-order valence-electron chi connectivity index (χ3n) is 1.68. The number of carbonyl (C=O) groups is 2. The summed E-state index contributed by atoms with van der Waals surface area (Å²) in [7, 11) is 0. The Morgan fingerprint density at radius 3 is 2.33 bits per heavy atom. The van der Waals surface area contributed by atoms with E-state index in [2.05, 4.69) is 31.9 Å². The van der Waals surface area contributed by atoms with Crippen LogP contribution in [-0.4, -0.2) is 18.9 Å². The molecule has 0 bridgehead atoms. The Labute approximate surface area is 104 Å². The van der Waals surface area contributed by atoms with Crippen LogP contribution < -0.4 is 0 Å². The van der Waals surface area contributed by atoms with Crippen molar-refractivity contribution < 1.29 is 14.3 Å². The van der Waals surface area contributed by atoms with Crippen LogP contribution >= 0.6 is 31.9 Å². The van der Waals surface area contributed by atoms with Gasteiger partial charge in [-0.1, -0.05) is 0 Å². The van der Waals surface area contributed by atoms with E-state index in [-0.39, 0.29) is 0 Å². The lowest BCUT2D eigenvalue weighted by Gasteiger charge is -2.07. The summed E-state index contributed by atoms with van der Waals surface area (Å²) >= 11 is 6.44. The molecule has 5 heteroatoms. The second-order valence-electron chi connectivity index (χ2n) is 2.70. The molecule has 15 heavy (non-hydrogen) atoms. The first-order chi connectivity index (χ1) is 7.10. The molecule has 0 atom stereocenters. The fourth-order valence-electron chi connectivity index (χ4n) is 1.06. The highest BCUT2D eigenvalue weighted by Gasteiger charge is 2.16. The largest absolute Gasteiger partial charge is 0.462 e. The molecule has 0 unspecified atom stereocenters. The predicted octanol–water partition coefficient (Wildman–Crippen LogP) is 3.20. The number of hydrogen-bond acceptors (Lipinski definition) is 3. The van der Waals surface area contributed by atoms with Crippen LogP contribution in [0.4, 0.5) is 0 Å². The fourth-order valence-corrected chi connectivity index (χ4v) is 2.60. The van der Waals surface area contributed by atoms with Gasteiger partial charge in [0.05, 0.1) is 12.2 Å². The minimum atomic E-state index is -0.423. The molecule has 0 aliphatic carbocycles. The molecular weight excluding hydrogens is 328 g/mol. The molecule has 1 aromatic rings. The second-order valence-corrected chi connectivity index (χ2v) is 4.41. The van der Waals surface area contributed by atoms with E-state index in [1.165, 1.54) is 0 Å². The van der Waals surface area contributed by atoms with Crippen LogP contribution in [0.1, 0.15) is 27.6 Å². The van der Waals surface area contributed by atoms with Gasteiger partial charge in [0.15, 0.2) is 0 Å². The number of ether oxygens (including phenoxy) is 1. The maximum atomic E-state index is 11.5. The number of rotatable bonds is 3. The molecule has 1 rings (SSSR count). The van der Waals surface area contributed by atoms with Crippen molar-refractivity contribution in [1.29, 1.82) is 0 Å². The highest BCUT2D eigenvalue weighted by molar-refractivity contribution is 9.11. The van der Waals surface area contributed by atoms with Crippen molar-refractivity contribution in [3.63, 3.8) is 0 Å². The molecule has 3 nitrogen and oxygen atoms in total. The molecule has 0 saturated heterocycles. The van der Waals surface area contributed by atoms with Gasteiger partial charge in [0.2, 0.25) is 0 Å². The van der Waals surface area contributed by atoms with Crippen LogP contribution in [0.2, 0.25) is 0 Å². The van der Waals surface area contributed by atoms with Crippen LogP contribution in [0.5, 0.6) is 0 Å². The van der Waals surface area contributed by atoms with Gasteiger partial charge in [-0.05, 0) is 50.9 Å². The predicted molar refractivity (Wildman–Crippen MR) is 63.2 cm³/mol. The van der Waals surface area contributed by atoms with Crippen molar-refractivity contribution in [2.45, 2.75) is 6.92 Å². The Hall–Kier alpha value is -0.680. The van der Waals surface area contributed by atoms with Crippen molar-refractivity contribution in [2.24, 2.45) is 0 Å². The van der Waals surface area contributed by atoms with Gasteiger partial charge in [-0.3, -0.25) is 4.79 Å². The third-order valence-corrected chi connectivity index (χ3v) is 2.93. The van der Waals surface area contributed by atoms with Crippen LogP contribution in [-0.2, 0) is 4.74 Å². The van der Waals surface area contributed by atoms with E-state index in [4.69, 9.17) is 4.74 Å². The van der Waals surface area contributed by atoms with E-state index in [0.29, 0.717) is 33.0 Å². The third kappa shape index (κ3) is 2.89. The number of hydrogen-bond donors (Lipinski definition) is 0. The van der Waals surface area contributed by atoms with E-state index < -0.39 is 5.97 Å². The molecule has 0 amide bonds. The summed E-state index contributed by atoms with van der Waals surface area (Å²) in [6.45, 7) is 2.05. The van der Waals surface area contributed by atoms with Crippen LogP contribution in [0, 0.1) is 0 Å². The van der Waals surface area contributed by atoms with Gasteiger partial charge in [-0.15, -0.1) is 0 Å². The lowest BCUT2D eigenvalue weighted by Crippen LogP contribution is -2.07. The van der Waals surface area contributed by atoms with Crippen molar-refractivity contribution in [3.05, 3.63) is 32.2 Å². The monoisotopic (exact) mass is 334 g/mol. The SMILES string of the molecule is CCOC(=O)c1c(Br)cc(C=O)cc1Br. The average molecular weight is 336 g/mol. The lowest BCUT2D eigenvalue weighted by atomic mass is 10.1. The van der Waals surface area contributed by atoms with Gasteiger partial charge in [0.25, 0.3) is 0 Å². The zero-order valence-corrected chi connectivity index (χ0v) is 11.1. The fraction of sp³-hybridized carbons (Fsp3) is 0.200. The minimum Gasteiger partial charge on any atom is -0.462 e. The van der Waals surface area contributed by atoms with E-state index in [1.807, 2.05) is 0 Å². The number of halogens is 2. The van der Waals surface area contributed by atoms with Crippen molar-refractivity contribution in [1.82, 2.24) is 0 Å². The molecule has 0 aliphatic rings. The maximum Gasteiger partial charge on any atom is 0.340 e. The second kappa shape index (κ2) is 5.42. The maximum absolute atomic E-state index is 11.5. The van der Waals surface area contributed by atoms with Gasteiger partial charge in [-0.2, -0.15) is 0 Å². The molecule has 0 heterocycles. The van der Waals surface area contributed by atoms with Crippen molar-refractivity contribution in [2.75, 3.05) is 6.61 Å². The number of carbonyl (C=O) groups excluding carboxylic acids is 2. The van der Waals surface area contributed by atoms with Crippen LogP contribution in [0.25, 0.3) is 0 Å². The first-order valence-corrected chi connectivity index (χ1v) is 5.80. The lowest BCUT2D eigenvalue weighted by molar-refractivity contribution is 0.0524. The van der Waals surface area contributed by atoms with Gasteiger partial charge in [-0.25, -0.2) is 4.79 Å². The summed E-state index contributed by atoms with van der Waals surface area (Å²) in [5.41, 5.74) is 0.879. The standard InChI is InChI=1S/C10H8Br2O3/c1-2-15-10(14)9-7(11)3-6(5-13)4-8(9)12/h3-5H,2H2,1H3. The quantitative estimate of drug-likeness (QED) is 0.629. The first kappa shape index (κ1) is 12.4. The smallest absolute Gasteiger partial charge is 0.340 e. The molecule has 0 aromatic heterocycles. The summed E-state index contributed by atoms with van der Waals surface area (Å²) in [6.07, 6.45) is 0.713. The molecule has 0 spiro atoms. The van der Waals surface area contributed by atoms with E-state index in [9.17, 15) is 9.59 Å². The first-order valence-electron chi connectivity index (χ1n) is 4.21. The number of benzene rings is 1. The number of aldehydes is 1. The summed E-state index contributed by atoms with van der Waals surface area (Å²) in [6, 6.07) is 3.15. The van der Waals surface area contributed by atoms with E-state index in [1.54, 1.807) is 19.1 Å². The summed E-state index contributed by atoms with van der Waals surface area (Å²) < 4.78 is 5.95. The minimum absolute atomic E-state index is 0.313. The number of esters is 1.